The van der Waals surface area contributed by atoms with Gasteiger partial charge in [0.2, 0.25) is 5.91 Å². The Labute approximate surface area is 155 Å². The molecule has 1 fully saturated rings. The number of carbonyl (C=O) groups is 1. The van der Waals surface area contributed by atoms with Crippen molar-refractivity contribution in [2.24, 2.45) is 0 Å². The lowest BCUT2D eigenvalue weighted by Crippen LogP contribution is -2.28. The number of ether oxygens (including phenoxy) is 2. The van der Waals surface area contributed by atoms with Gasteiger partial charge in [0.25, 0.3) is 0 Å². The zero-order valence-electron chi connectivity index (χ0n) is 15.2. The molecule has 2 aromatic carbocycles. The van der Waals surface area contributed by atoms with Gasteiger partial charge in [-0.25, -0.2) is 0 Å². The van der Waals surface area contributed by atoms with Gasteiger partial charge < -0.3 is 14.8 Å². The monoisotopic (exact) mass is 353 g/mol. The van der Waals surface area contributed by atoms with Crippen molar-refractivity contribution in [2.45, 2.75) is 44.6 Å². The Morgan fingerprint density at radius 2 is 1.77 bits per heavy atom. The van der Waals surface area contributed by atoms with Crippen LogP contribution in [0.5, 0.6) is 11.5 Å². The van der Waals surface area contributed by atoms with Crippen LogP contribution < -0.4 is 14.8 Å². The molecule has 138 valence electrons. The molecule has 0 unspecified atom stereocenters. The highest BCUT2D eigenvalue weighted by molar-refractivity contribution is 5.76. The lowest BCUT2D eigenvalue weighted by molar-refractivity contribution is -0.121. The summed E-state index contributed by atoms with van der Waals surface area (Å²) in [6.07, 6.45) is 6.37. The zero-order chi connectivity index (χ0) is 18.0. The highest BCUT2D eigenvalue weighted by atomic mass is 16.5. The molecule has 3 rings (SSSR count). The minimum atomic E-state index is 0.0452. The van der Waals surface area contributed by atoms with Crippen LogP contribution in [-0.4, -0.2) is 25.2 Å². The Balaban J connectivity index is 1.34. The van der Waals surface area contributed by atoms with Gasteiger partial charge >= 0.3 is 0 Å². The average Bonchev–Trinajstić information content (AvgIpc) is 3.18. The minimum Gasteiger partial charge on any atom is -0.492 e. The van der Waals surface area contributed by atoms with Crippen molar-refractivity contribution in [3.05, 3.63) is 60.2 Å². The summed E-state index contributed by atoms with van der Waals surface area (Å²) in [6, 6.07) is 17.7. The van der Waals surface area contributed by atoms with Crippen LogP contribution in [0.3, 0.4) is 0 Å². The molecule has 0 aromatic heterocycles. The van der Waals surface area contributed by atoms with Crippen molar-refractivity contribution in [3.8, 4) is 11.5 Å². The maximum Gasteiger partial charge on any atom is 0.220 e. The molecule has 4 heteroatoms. The molecule has 26 heavy (non-hydrogen) atoms. The van der Waals surface area contributed by atoms with Gasteiger partial charge in [0.1, 0.15) is 18.1 Å². The van der Waals surface area contributed by atoms with Crippen molar-refractivity contribution in [3.63, 3.8) is 0 Å². The number of benzene rings is 2. The molecule has 0 radical (unpaired) electrons. The van der Waals surface area contributed by atoms with Crippen LogP contribution in [-0.2, 0) is 11.2 Å². The zero-order valence-corrected chi connectivity index (χ0v) is 15.2. The number of hydrogen-bond acceptors (Lipinski definition) is 3. The summed E-state index contributed by atoms with van der Waals surface area (Å²) in [4.78, 5) is 12.0. The molecular formula is C22H27NO3. The number of carbonyl (C=O) groups excluding carboxylic acids is 1. The van der Waals surface area contributed by atoms with Crippen LogP contribution in [0, 0.1) is 0 Å². The van der Waals surface area contributed by atoms with Gasteiger partial charge in [-0.15, -0.1) is 0 Å². The predicted octanol–water partition coefficient (Wildman–Crippen LogP) is 4.14. The molecule has 1 saturated carbocycles. The van der Waals surface area contributed by atoms with Gasteiger partial charge in [-0.05, 0) is 61.9 Å². The summed E-state index contributed by atoms with van der Waals surface area (Å²) in [6.45, 7) is 0.985. The predicted molar refractivity (Wildman–Crippen MR) is 103 cm³/mol. The number of rotatable bonds is 9. The van der Waals surface area contributed by atoms with Crippen LogP contribution in [0.2, 0.25) is 0 Å². The van der Waals surface area contributed by atoms with Gasteiger partial charge in [-0.3, -0.25) is 4.79 Å². The molecule has 0 bridgehead atoms. The second-order valence-electron chi connectivity index (χ2n) is 6.68. The van der Waals surface area contributed by atoms with Crippen molar-refractivity contribution >= 4 is 5.91 Å². The topological polar surface area (TPSA) is 47.6 Å². The molecule has 1 amide bonds. The van der Waals surface area contributed by atoms with Gasteiger partial charge in [0, 0.05) is 6.42 Å². The van der Waals surface area contributed by atoms with E-state index in [9.17, 15) is 4.79 Å². The maximum atomic E-state index is 12.0. The summed E-state index contributed by atoms with van der Waals surface area (Å²) in [5.74, 6) is 1.79. The van der Waals surface area contributed by atoms with E-state index >= 15 is 0 Å². The first-order chi connectivity index (χ1) is 12.8. The number of hydrogen-bond donors (Lipinski definition) is 1. The van der Waals surface area contributed by atoms with E-state index in [2.05, 4.69) is 11.4 Å². The number of aryl methyl sites for hydroxylation is 1. The minimum absolute atomic E-state index is 0.0452. The molecule has 2 aromatic rings. The summed E-state index contributed by atoms with van der Waals surface area (Å²) >= 11 is 0. The second kappa shape index (κ2) is 9.85. The van der Waals surface area contributed by atoms with Crippen molar-refractivity contribution < 1.29 is 14.3 Å². The van der Waals surface area contributed by atoms with Crippen LogP contribution in [0.4, 0.5) is 0 Å². The van der Waals surface area contributed by atoms with Crippen LogP contribution in [0.25, 0.3) is 0 Å². The SMILES string of the molecule is O=C(CCc1cccc(OC2CCCC2)c1)NCCOc1ccccc1. The fourth-order valence-corrected chi connectivity index (χ4v) is 3.20. The normalized spacial score (nSPS) is 14.2. The third kappa shape index (κ3) is 6.10. The highest BCUT2D eigenvalue weighted by Gasteiger charge is 2.16. The fraction of sp³-hybridized carbons (Fsp3) is 0.409. The highest BCUT2D eigenvalue weighted by Crippen LogP contribution is 2.24. The smallest absolute Gasteiger partial charge is 0.220 e. The van der Waals surface area contributed by atoms with Crippen LogP contribution in [0.15, 0.2) is 54.6 Å². The molecule has 0 atom stereocenters. The lowest BCUT2D eigenvalue weighted by atomic mass is 10.1. The summed E-state index contributed by atoms with van der Waals surface area (Å²) < 4.78 is 11.6. The largest absolute Gasteiger partial charge is 0.492 e. The quantitative estimate of drug-likeness (QED) is 0.689. The molecule has 4 nitrogen and oxygen atoms in total. The van der Waals surface area contributed by atoms with Crippen molar-refractivity contribution in [1.82, 2.24) is 5.32 Å². The van der Waals surface area contributed by atoms with Gasteiger partial charge in [0.05, 0.1) is 12.6 Å². The Kier molecular flexibility index (Phi) is 6.94. The second-order valence-corrected chi connectivity index (χ2v) is 6.68. The van der Waals surface area contributed by atoms with E-state index in [1.54, 1.807) is 0 Å². The third-order valence-electron chi connectivity index (χ3n) is 4.58. The maximum absolute atomic E-state index is 12.0. The first-order valence-electron chi connectivity index (χ1n) is 9.50. The Bertz CT molecular complexity index is 681. The third-order valence-corrected chi connectivity index (χ3v) is 4.58. The fourth-order valence-electron chi connectivity index (χ4n) is 3.20. The molecule has 0 aliphatic heterocycles. The molecule has 0 spiro atoms. The average molecular weight is 353 g/mol. The van der Waals surface area contributed by atoms with Gasteiger partial charge in [-0.2, -0.15) is 0 Å². The van der Waals surface area contributed by atoms with Crippen molar-refractivity contribution in [1.29, 1.82) is 0 Å². The van der Waals surface area contributed by atoms with E-state index < -0.39 is 0 Å². The number of nitrogens with one attached hydrogen (secondary N) is 1. The molecule has 1 aliphatic carbocycles. The van der Waals surface area contributed by atoms with Crippen LogP contribution >= 0.6 is 0 Å². The van der Waals surface area contributed by atoms with Gasteiger partial charge in [-0.1, -0.05) is 30.3 Å². The van der Waals surface area contributed by atoms with Crippen LogP contribution in [0.1, 0.15) is 37.7 Å². The number of para-hydroxylation sites is 1. The van der Waals surface area contributed by atoms with E-state index in [1.807, 2.05) is 48.5 Å². The lowest BCUT2D eigenvalue weighted by Gasteiger charge is -2.14. The molecule has 0 heterocycles. The molecule has 1 aliphatic rings. The van der Waals surface area contributed by atoms with Crippen molar-refractivity contribution in [2.75, 3.05) is 13.2 Å². The molecular weight excluding hydrogens is 326 g/mol. The summed E-state index contributed by atoms with van der Waals surface area (Å²) in [7, 11) is 0. The van der Waals surface area contributed by atoms with E-state index in [4.69, 9.17) is 9.47 Å². The van der Waals surface area contributed by atoms with E-state index in [1.165, 1.54) is 12.8 Å². The first kappa shape index (κ1) is 18.3. The Morgan fingerprint density at radius 3 is 2.58 bits per heavy atom. The summed E-state index contributed by atoms with van der Waals surface area (Å²) in [5.41, 5.74) is 1.14. The van der Waals surface area contributed by atoms with E-state index in [-0.39, 0.29) is 5.91 Å². The van der Waals surface area contributed by atoms with Gasteiger partial charge in [0.15, 0.2) is 0 Å². The standard InChI is InChI=1S/C22H27NO3/c24-22(23-15-16-25-19-8-2-1-3-9-19)14-13-18-7-6-12-21(17-18)26-20-10-4-5-11-20/h1-3,6-9,12,17,20H,4-5,10-11,13-16H2,(H,23,24). The number of amides is 1. The first-order valence-corrected chi connectivity index (χ1v) is 9.50. The molecule has 1 N–H and O–H groups in total. The Morgan fingerprint density at radius 1 is 1.00 bits per heavy atom. The van der Waals surface area contributed by atoms with E-state index in [0.29, 0.717) is 32.1 Å². The van der Waals surface area contributed by atoms with E-state index in [0.717, 1.165) is 29.9 Å². The Hall–Kier alpha value is -2.49. The summed E-state index contributed by atoms with van der Waals surface area (Å²) in [5, 5.41) is 2.90. The molecule has 0 saturated heterocycles.